The molecule has 1 aliphatic carbocycles. The van der Waals surface area contributed by atoms with E-state index in [9.17, 15) is 10.2 Å². The molecule has 20 heavy (non-hydrogen) atoms. The zero-order valence-corrected chi connectivity index (χ0v) is 12.2. The highest BCUT2D eigenvalue weighted by Gasteiger charge is 2.26. The van der Waals surface area contributed by atoms with Crippen LogP contribution in [0.1, 0.15) is 25.0 Å². The van der Waals surface area contributed by atoms with E-state index >= 15 is 0 Å². The Labute approximate surface area is 122 Å². The van der Waals surface area contributed by atoms with E-state index in [2.05, 4.69) is 13.8 Å². The van der Waals surface area contributed by atoms with Crippen LogP contribution in [-0.4, -0.2) is 14.8 Å². The van der Waals surface area contributed by atoms with Gasteiger partial charge in [-0.2, -0.15) is 0 Å². The molecule has 1 aromatic heterocycles. The first-order valence-corrected chi connectivity index (χ1v) is 6.92. The fourth-order valence-electron chi connectivity index (χ4n) is 2.68. The minimum absolute atomic E-state index is 0.117. The summed E-state index contributed by atoms with van der Waals surface area (Å²) in [4.78, 5) is 0. The zero-order valence-electron chi connectivity index (χ0n) is 11.4. The average Bonchev–Trinajstić information content (AvgIpc) is 2.65. The molecule has 0 saturated carbocycles. The van der Waals surface area contributed by atoms with Crippen LogP contribution in [0.25, 0.3) is 5.69 Å². The number of allylic oxidation sites excluding steroid dienone is 2. The molecule has 0 bridgehead atoms. The number of aromatic hydroxyl groups is 2. The lowest BCUT2D eigenvalue weighted by Crippen LogP contribution is -2.03. The molecule has 0 atom stereocenters. The minimum Gasteiger partial charge on any atom is -0.494 e. The van der Waals surface area contributed by atoms with Crippen molar-refractivity contribution in [3.63, 3.8) is 0 Å². The molecule has 0 spiro atoms. The van der Waals surface area contributed by atoms with Crippen molar-refractivity contribution < 1.29 is 10.2 Å². The summed E-state index contributed by atoms with van der Waals surface area (Å²) in [5, 5.41) is 21.5. The Morgan fingerprint density at radius 3 is 1.80 bits per heavy atom. The molecule has 0 radical (unpaired) electrons. The highest BCUT2D eigenvalue weighted by molar-refractivity contribution is 6.30. The van der Waals surface area contributed by atoms with Crippen LogP contribution in [-0.2, 0) is 12.8 Å². The normalized spacial score (nSPS) is 14.6. The molecule has 0 unspecified atom stereocenters. The number of rotatable bonds is 1. The number of halogens is 1. The summed E-state index contributed by atoms with van der Waals surface area (Å²) in [6.45, 7) is 4.13. The molecule has 1 aromatic carbocycles. The van der Waals surface area contributed by atoms with E-state index in [-0.39, 0.29) is 11.8 Å². The summed E-state index contributed by atoms with van der Waals surface area (Å²) in [6, 6.07) is 7.04. The standard InChI is InChI=1S/C16H16ClNO2/c1-9-7-13-14(8-10(9)2)16(20)18(15(13)19)12-5-3-11(17)4-6-12/h3-6,19-20H,7-8H2,1-2H3. The molecule has 1 heterocycles. The van der Waals surface area contributed by atoms with Crippen LogP contribution in [0.3, 0.4) is 0 Å². The van der Waals surface area contributed by atoms with E-state index in [1.807, 2.05) is 0 Å². The number of benzene rings is 1. The Bertz CT molecular complexity index is 674. The smallest absolute Gasteiger partial charge is 0.202 e. The Balaban J connectivity index is 2.16. The molecule has 3 rings (SSSR count). The lowest BCUT2D eigenvalue weighted by molar-refractivity contribution is 0.399. The Kier molecular flexibility index (Phi) is 3.02. The number of nitrogens with zero attached hydrogens (tertiary/aromatic N) is 1. The second-order valence-electron chi connectivity index (χ2n) is 5.33. The fourth-order valence-corrected chi connectivity index (χ4v) is 2.80. The lowest BCUT2D eigenvalue weighted by Gasteiger charge is -2.15. The van der Waals surface area contributed by atoms with Gasteiger partial charge in [-0.25, -0.2) is 0 Å². The van der Waals surface area contributed by atoms with E-state index in [4.69, 9.17) is 11.6 Å². The van der Waals surface area contributed by atoms with Gasteiger partial charge in [0.15, 0.2) is 0 Å². The van der Waals surface area contributed by atoms with Gasteiger partial charge in [0.1, 0.15) is 0 Å². The van der Waals surface area contributed by atoms with Crippen LogP contribution in [0, 0.1) is 0 Å². The summed E-state index contributed by atoms with van der Waals surface area (Å²) >= 11 is 5.88. The minimum atomic E-state index is 0.117. The number of hydrogen-bond donors (Lipinski definition) is 2. The van der Waals surface area contributed by atoms with Crippen molar-refractivity contribution in [1.82, 2.24) is 4.57 Å². The molecular formula is C16H16ClNO2. The van der Waals surface area contributed by atoms with Gasteiger partial charge in [-0.05, 0) is 51.0 Å². The first-order valence-electron chi connectivity index (χ1n) is 6.54. The van der Waals surface area contributed by atoms with Crippen molar-refractivity contribution in [2.45, 2.75) is 26.7 Å². The van der Waals surface area contributed by atoms with Crippen molar-refractivity contribution in [2.75, 3.05) is 0 Å². The van der Waals surface area contributed by atoms with E-state index < -0.39 is 0 Å². The molecule has 3 nitrogen and oxygen atoms in total. The second-order valence-corrected chi connectivity index (χ2v) is 5.77. The van der Waals surface area contributed by atoms with Gasteiger partial charge in [-0.15, -0.1) is 0 Å². The third-order valence-corrected chi connectivity index (χ3v) is 4.28. The van der Waals surface area contributed by atoms with Crippen molar-refractivity contribution in [1.29, 1.82) is 0 Å². The first kappa shape index (κ1) is 13.1. The lowest BCUT2D eigenvalue weighted by atomic mass is 9.90. The van der Waals surface area contributed by atoms with Crippen molar-refractivity contribution >= 4 is 11.6 Å². The SMILES string of the molecule is CC1=C(C)Cc2c(c(O)n(-c3ccc(Cl)cc3)c2O)C1. The average molecular weight is 290 g/mol. The largest absolute Gasteiger partial charge is 0.494 e. The van der Waals surface area contributed by atoms with Crippen LogP contribution < -0.4 is 0 Å². The first-order chi connectivity index (χ1) is 9.49. The fraction of sp³-hybridized carbons (Fsp3) is 0.250. The maximum Gasteiger partial charge on any atom is 0.202 e. The van der Waals surface area contributed by atoms with E-state index in [1.165, 1.54) is 15.7 Å². The van der Waals surface area contributed by atoms with Crippen molar-refractivity contribution in [2.24, 2.45) is 0 Å². The molecular weight excluding hydrogens is 274 g/mol. The summed E-state index contributed by atoms with van der Waals surface area (Å²) < 4.78 is 1.48. The van der Waals surface area contributed by atoms with Crippen LogP contribution in [0.15, 0.2) is 35.4 Å². The Morgan fingerprint density at radius 1 is 0.900 bits per heavy atom. The monoisotopic (exact) mass is 289 g/mol. The Hall–Kier alpha value is -1.87. The van der Waals surface area contributed by atoms with Crippen molar-refractivity contribution in [3.8, 4) is 17.4 Å². The molecule has 0 aliphatic heterocycles. The molecule has 4 heteroatoms. The van der Waals surface area contributed by atoms with Gasteiger partial charge in [0.2, 0.25) is 11.8 Å². The molecule has 104 valence electrons. The molecule has 0 amide bonds. The highest BCUT2D eigenvalue weighted by atomic mass is 35.5. The molecule has 0 fully saturated rings. The van der Waals surface area contributed by atoms with E-state index in [1.54, 1.807) is 24.3 Å². The summed E-state index contributed by atoms with van der Waals surface area (Å²) in [5.74, 6) is 0.235. The van der Waals surface area contributed by atoms with Crippen LogP contribution >= 0.6 is 11.6 Å². The second kappa shape index (κ2) is 4.60. The third kappa shape index (κ3) is 1.90. The van der Waals surface area contributed by atoms with Crippen LogP contribution in [0.4, 0.5) is 0 Å². The molecule has 2 N–H and O–H groups in total. The zero-order chi connectivity index (χ0) is 14.4. The quantitative estimate of drug-likeness (QED) is 0.780. The van der Waals surface area contributed by atoms with Gasteiger partial charge < -0.3 is 10.2 Å². The van der Waals surface area contributed by atoms with Crippen LogP contribution in [0.5, 0.6) is 11.8 Å². The predicted octanol–water partition coefficient (Wildman–Crippen LogP) is 3.98. The Morgan fingerprint density at radius 2 is 1.35 bits per heavy atom. The van der Waals surface area contributed by atoms with Gasteiger partial charge in [-0.3, -0.25) is 4.57 Å². The van der Waals surface area contributed by atoms with Gasteiger partial charge in [0, 0.05) is 16.1 Å². The summed E-state index contributed by atoms with van der Waals surface area (Å²) in [7, 11) is 0. The number of fused-ring (bicyclic) bond motifs is 1. The van der Waals surface area contributed by atoms with E-state index in [0.717, 1.165) is 11.1 Å². The third-order valence-electron chi connectivity index (χ3n) is 4.02. The van der Waals surface area contributed by atoms with E-state index in [0.29, 0.717) is 23.6 Å². The maximum atomic E-state index is 10.4. The van der Waals surface area contributed by atoms with Gasteiger partial charge in [0.05, 0.1) is 5.69 Å². The topological polar surface area (TPSA) is 45.4 Å². The van der Waals surface area contributed by atoms with Gasteiger partial charge in [-0.1, -0.05) is 22.7 Å². The van der Waals surface area contributed by atoms with Gasteiger partial charge in [0.25, 0.3) is 0 Å². The summed E-state index contributed by atoms with van der Waals surface area (Å²) in [5.41, 5.74) is 4.84. The number of hydrogen-bond acceptors (Lipinski definition) is 2. The van der Waals surface area contributed by atoms with Crippen LogP contribution in [0.2, 0.25) is 5.02 Å². The maximum absolute atomic E-state index is 10.4. The van der Waals surface area contributed by atoms with Crippen molar-refractivity contribution in [3.05, 3.63) is 51.6 Å². The molecule has 2 aromatic rings. The van der Waals surface area contributed by atoms with Gasteiger partial charge >= 0.3 is 0 Å². The molecule has 1 aliphatic rings. The molecule has 0 saturated heterocycles. The highest BCUT2D eigenvalue weighted by Crippen LogP contribution is 2.42. The summed E-state index contributed by atoms with van der Waals surface area (Å²) in [6.07, 6.45) is 1.36. The predicted molar refractivity (Wildman–Crippen MR) is 79.9 cm³/mol. The number of aromatic nitrogens is 1.